The highest BCUT2D eigenvalue weighted by Gasteiger charge is 2.18. The Hall–Kier alpha value is -2.43. The van der Waals surface area contributed by atoms with E-state index < -0.39 is 0 Å². The first-order chi connectivity index (χ1) is 11.1. The van der Waals surface area contributed by atoms with Crippen LogP contribution in [-0.2, 0) is 0 Å². The third-order valence-corrected chi connectivity index (χ3v) is 4.26. The number of hydrogen-bond acceptors (Lipinski definition) is 4. The first kappa shape index (κ1) is 15.5. The van der Waals surface area contributed by atoms with E-state index >= 15 is 0 Å². The Balaban J connectivity index is 1.73. The van der Waals surface area contributed by atoms with Crippen LogP contribution in [0.1, 0.15) is 40.7 Å². The van der Waals surface area contributed by atoms with Crippen molar-refractivity contribution >= 4 is 17.5 Å². The number of nitrogens with zero attached hydrogens (tertiary/aromatic N) is 3. The Morgan fingerprint density at radius 2 is 1.65 bits per heavy atom. The summed E-state index contributed by atoms with van der Waals surface area (Å²) in [4.78, 5) is 22.9. The van der Waals surface area contributed by atoms with Crippen LogP contribution in [0, 0.1) is 13.8 Å². The molecule has 0 unspecified atom stereocenters. The minimum absolute atomic E-state index is 0.0309. The monoisotopic (exact) mass is 310 g/mol. The van der Waals surface area contributed by atoms with E-state index in [0.29, 0.717) is 11.5 Å². The van der Waals surface area contributed by atoms with Crippen molar-refractivity contribution in [1.82, 2.24) is 14.9 Å². The molecule has 0 bridgehead atoms. The van der Waals surface area contributed by atoms with E-state index in [1.165, 1.54) is 6.42 Å². The van der Waals surface area contributed by atoms with Gasteiger partial charge in [-0.15, -0.1) is 0 Å². The summed E-state index contributed by atoms with van der Waals surface area (Å²) in [5.41, 5.74) is 3.85. The zero-order chi connectivity index (χ0) is 16.2. The minimum atomic E-state index is 0.0309. The van der Waals surface area contributed by atoms with Gasteiger partial charge in [-0.3, -0.25) is 4.79 Å². The lowest BCUT2D eigenvalue weighted by Gasteiger charge is -2.26. The molecule has 1 N–H and O–H groups in total. The number of anilines is 2. The van der Waals surface area contributed by atoms with Gasteiger partial charge in [0.15, 0.2) is 0 Å². The van der Waals surface area contributed by atoms with Crippen LogP contribution in [0.4, 0.5) is 11.6 Å². The summed E-state index contributed by atoms with van der Waals surface area (Å²) in [5.74, 6) is 0.543. The number of aromatic nitrogens is 2. The van der Waals surface area contributed by atoms with Crippen molar-refractivity contribution in [1.29, 1.82) is 0 Å². The summed E-state index contributed by atoms with van der Waals surface area (Å²) in [7, 11) is 0. The van der Waals surface area contributed by atoms with Gasteiger partial charge in [-0.25, -0.2) is 9.97 Å². The second-order valence-electron chi connectivity index (χ2n) is 6.04. The number of aryl methyl sites for hydroxylation is 2. The van der Waals surface area contributed by atoms with Crippen molar-refractivity contribution in [2.75, 3.05) is 18.4 Å². The third kappa shape index (κ3) is 3.50. The highest BCUT2D eigenvalue weighted by Crippen LogP contribution is 2.22. The largest absolute Gasteiger partial charge is 0.339 e. The van der Waals surface area contributed by atoms with E-state index in [0.717, 1.165) is 42.7 Å². The highest BCUT2D eigenvalue weighted by molar-refractivity contribution is 5.93. The number of carbonyl (C=O) groups is 1. The van der Waals surface area contributed by atoms with Gasteiger partial charge in [-0.05, 0) is 44.2 Å². The molecule has 2 aromatic rings. The van der Waals surface area contributed by atoms with Crippen molar-refractivity contribution in [2.45, 2.75) is 33.1 Å². The molecular formula is C18H22N4O. The van der Waals surface area contributed by atoms with Crippen molar-refractivity contribution < 1.29 is 4.79 Å². The second-order valence-corrected chi connectivity index (χ2v) is 6.04. The number of hydrogen-bond donors (Lipinski definition) is 1. The molecular weight excluding hydrogens is 288 g/mol. The molecule has 1 saturated heterocycles. The van der Waals surface area contributed by atoms with Crippen LogP contribution >= 0.6 is 0 Å². The van der Waals surface area contributed by atoms with Gasteiger partial charge in [0, 0.05) is 31.2 Å². The van der Waals surface area contributed by atoms with Crippen molar-refractivity contribution in [3.63, 3.8) is 0 Å². The zero-order valence-corrected chi connectivity index (χ0v) is 13.7. The standard InChI is InChI=1S/C18H22N4O/c1-13-7-6-8-14(2)16(13)21-18-19-11-15(12-20-18)17(23)22-9-4-3-5-10-22/h6-8,11-12H,3-5,9-10H2,1-2H3,(H,19,20,21). The summed E-state index contributed by atoms with van der Waals surface area (Å²) in [6.45, 7) is 5.76. The Morgan fingerprint density at radius 1 is 1.04 bits per heavy atom. The molecule has 1 aliphatic heterocycles. The fourth-order valence-corrected chi connectivity index (χ4v) is 2.91. The molecule has 0 saturated carbocycles. The van der Waals surface area contributed by atoms with E-state index in [1.54, 1.807) is 12.4 Å². The number of amides is 1. The molecule has 0 aliphatic carbocycles. The Labute approximate surface area is 136 Å². The molecule has 0 atom stereocenters. The van der Waals surface area contributed by atoms with Gasteiger partial charge in [0.2, 0.25) is 5.95 Å². The molecule has 3 rings (SSSR count). The van der Waals surface area contributed by atoms with Crippen LogP contribution in [0.3, 0.4) is 0 Å². The van der Waals surface area contributed by atoms with E-state index in [1.807, 2.05) is 36.9 Å². The summed E-state index contributed by atoms with van der Waals surface area (Å²) < 4.78 is 0. The fraction of sp³-hybridized carbons (Fsp3) is 0.389. The molecule has 1 amide bonds. The first-order valence-electron chi connectivity index (χ1n) is 8.10. The van der Waals surface area contributed by atoms with E-state index in [-0.39, 0.29) is 5.91 Å². The number of piperidine rings is 1. The Kier molecular flexibility index (Phi) is 4.55. The maximum atomic E-state index is 12.4. The third-order valence-electron chi connectivity index (χ3n) is 4.26. The zero-order valence-electron chi connectivity index (χ0n) is 13.7. The summed E-state index contributed by atoms with van der Waals surface area (Å²) >= 11 is 0. The molecule has 120 valence electrons. The van der Waals surface area contributed by atoms with Crippen LogP contribution in [0.2, 0.25) is 0 Å². The van der Waals surface area contributed by atoms with Crippen molar-refractivity contribution in [3.8, 4) is 0 Å². The molecule has 23 heavy (non-hydrogen) atoms. The molecule has 0 spiro atoms. The maximum absolute atomic E-state index is 12.4. The predicted molar refractivity (Wildman–Crippen MR) is 91.0 cm³/mol. The molecule has 5 nitrogen and oxygen atoms in total. The molecule has 1 fully saturated rings. The van der Waals surface area contributed by atoms with Gasteiger partial charge in [0.25, 0.3) is 5.91 Å². The highest BCUT2D eigenvalue weighted by atomic mass is 16.2. The topological polar surface area (TPSA) is 58.1 Å². The first-order valence-corrected chi connectivity index (χ1v) is 8.10. The van der Waals surface area contributed by atoms with E-state index in [2.05, 4.69) is 15.3 Å². The summed E-state index contributed by atoms with van der Waals surface area (Å²) in [6.07, 6.45) is 6.59. The smallest absolute Gasteiger partial charge is 0.256 e. The van der Waals surface area contributed by atoms with Crippen LogP contribution < -0.4 is 5.32 Å². The number of carbonyl (C=O) groups excluding carboxylic acids is 1. The molecule has 1 aliphatic rings. The predicted octanol–water partition coefficient (Wildman–Crippen LogP) is 3.46. The van der Waals surface area contributed by atoms with Gasteiger partial charge in [0.1, 0.15) is 0 Å². The Bertz CT molecular complexity index is 670. The average Bonchev–Trinajstić information content (AvgIpc) is 2.59. The summed E-state index contributed by atoms with van der Waals surface area (Å²) in [6, 6.07) is 6.12. The molecule has 1 aromatic heterocycles. The number of likely N-dealkylation sites (tertiary alicyclic amines) is 1. The van der Waals surface area contributed by atoms with E-state index in [9.17, 15) is 4.79 Å². The maximum Gasteiger partial charge on any atom is 0.256 e. The lowest BCUT2D eigenvalue weighted by Crippen LogP contribution is -2.35. The average molecular weight is 310 g/mol. The van der Waals surface area contributed by atoms with Gasteiger partial charge < -0.3 is 10.2 Å². The van der Waals surface area contributed by atoms with E-state index in [4.69, 9.17) is 0 Å². The number of rotatable bonds is 3. The van der Waals surface area contributed by atoms with Gasteiger partial charge >= 0.3 is 0 Å². The summed E-state index contributed by atoms with van der Waals surface area (Å²) in [5, 5.41) is 3.24. The van der Waals surface area contributed by atoms with Crippen LogP contribution in [0.25, 0.3) is 0 Å². The molecule has 1 aromatic carbocycles. The quantitative estimate of drug-likeness (QED) is 0.943. The van der Waals surface area contributed by atoms with Crippen LogP contribution in [0.15, 0.2) is 30.6 Å². The van der Waals surface area contributed by atoms with Gasteiger partial charge in [0.05, 0.1) is 5.56 Å². The van der Waals surface area contributed by atoms with Crippen LogP contribution in [-0.4, -0.2) is 33.9 Å². The minimum Gasteiger partial charge on any atom is -0.339 e. The molecule has 5 heteroatoms. The van der Waals surface area contributed by atoms with Gasteiger partial charge in [-0.2, -0.15) is 0 Å². The molecule has 2 heterocycles. The van der Waals surface area contributed by atoms with Gasteiger partial charge in [-0.1, -0.05) is 18.2 Å². The fourth-order valence-electron chi connectivity index (χ4n) is 2.91. The number of benzene rings is 1. The Morgan fingerprint density at radius 3 is 2.26 bits per heavy atom. The second kappa shape index (κ2) is 6.77. The lowest BCUT2D eigenvalue weighted by molar-refractivity contribution is 0.0723. The van der Waals surface area contributed by atoms with Crippen molar-refractivity contribution in [2.24, 2.45) is 0 Å². The number of nitrogens with one attached hydrogen (secondary N) is 1. The van der Waals surface area contributed by atoms with Crippen molar-refractivity contribution in [3.05, 3.63) is 47.3 Å². The normalized spacial score (nSPS) is 14.6. The lowest BCUT2D eigenvalue weighted by atomic mass is 10.1. The SMILES string of the molecule is Cc1cccc(C)c1Nc1ncc(C(=O)N2CCCCC2)cn1. The van der Waals surface area contributed by atoms with Crippen LogP contribution in [0.5, 0.6) is 0 Å². The molecule has 0 radical (unpaired) electrons. The number of para-hydroxylation sites is 1.